The van der Waals surface area contributed by atoms with Crippen molar-refractivity contribution in [2.24, 2.45) is 5.41 Å². The van der Waals surface area contributed by atoms with Gasteiger partial charge in [-0.3, -0.25) is 4.79 Å². The molecule has 90 valence electrons. The Morgan fingerprint density at radius 1 is 1.27 bits per heavy atom. The Labute approximate surface area is 93.2 Å². The summed E-state index contributed by atoms with van der Waals surface area (Å²) in [7, 11) is 0.861. The first-order chi connectivity index (χ1) is 6.81. The Hall–Kier alpha value is -0.393. The fourth-order valence-electron chi connectivity index (χ4n) is 0.738. The molecule has 0 aromatic heterocycles. The van der Waals surface area contributed by atoms with E-state index in [0.29, 0.717) is 0 Å². The second-order valence-electron chi connectivity index (χ2n) is 4.36. The van der Waals surface area contributed by atoms with Gasteiger partial charge in [0.15, 0.2) is 0 Å². The molecule has 0 N–H and O–H groups in total. The zero-order valence-corrected chi connectivity index (χ0v) is 11.5. The van der Waals surface area contributed by atoms with E-state index in [0.717, 1.165) is 6.42 Å². The third-order valence-corrected chi connectivity index (χ3v) is 5.16. The summed E-state index contributed by atoms with van der Waals surface area (Å²) >= 11 is 0. The van der Waals surface area contributed by atoms with Gasteiger partial charge in [-0.2, -0.15) is 0 Å². The molecular formula is C10H22O4Si. The van der Waals surface area contributed by atoms with Crippen LogP contribution in [0.3, 0.4) is 0 Å². The molecule has 0 unspecified atom stereocenters. The van der Waals surface area contributed by atoms with Crippen LogP contribution in [0.5, 0.6) is 0 Å². The Morgan fingerprint density at radius 3 is 2.07 bits per heavy atom. The number of hydrogen-bond donors (Lipinski definition) is 0. The van der Waals surface area contributed by atoms with Crippen molar-refractivity contribution in [1.29, 1.82) is 0 Å². The van der Waals surface area contributed by atoms with Gasteiger partial charge in [-0.25, -0.2) is 0 Å². The highest BCUT2D eigenvalue weighted by Crippen LogP contribution is 2.22. The molecule has 5 heteroatoms. The normalized spacial score (nSPS) is 12.7. The summed E-state index contributed by atoms with van der Waals surface area (Å²) < 4.78 is 15.7. The lowest BCUT2D eigenvalue weighted by Crippen LogP contribution is -2.44. The average molecular weight is 234 g/mol. The van der Waals surface area contributed by atoms with E-state index in [-0.39, 0.29) is 12.2 Å². The van der Waals surface area contributed by atoms with Crippen molar-refractivity contribution in [3.05, 3.63) is 0 Å². The van der Waals surface area contributed by atoms with Gasteiger partial charge in [0, 0.05) is 14.2 Å². The van der Waals surface area contributed by atoms with E-state index in [1.165, 1.54) is 0 Å². The molecule has 0 radical (unpaired) electrons. The maximum absolute atomic E-state index is 11.7. The molecule has 0 bridgehead atoms. The lowest BCUT2D eigenvalue weighted by atomic mass is 9.91. The first kappa shape index (κ1) is 14.6. The summed E-state index contributed by atoms with van der Waals surface area (Å²) in [5.74, 6) is -0.196. The van der Waals surface area contributed by atoms with E-state index in [2.05, 4.69) is 0 Å². The largest absolute Gasteiger partial charge is 0.463 e. The minimum Gasteiger partial charge on any atom is -0.463 e. The monoisotopic (exact) mass is 234 g/mol. The van der Waals surface area contributed by atoms with Gasteiger partial charge in [0.2, 0.25) is 0 Å². The molecule has 0 heterocycles. The van der Waals surface area contributed by atoms with Crippen LogP contribution in [-0.2, 0) is 18.4 Å². The molecule has 4 nitrogen and oxygen atoms in total. The fraction of sp³-hybridized carbons (Fsp3) is 0.900. The molecule has 0 fully saturated rings. The maximum Gasteiger partial charge on any atom is 0.373 e. The molecule has 0 aromatic rings. The van der Waals surface area contributed by atoms with Gasteiger partial charge in [-0.15, -0.1) is 0 Å². The maximum atomic E-state index is 11.7. The molecule has 0 rings (SSSR count). The number of carbonyl (C=O) groups is 1. The van der Waals surface area contributed by atoms with Crippen molar-refractivity contribution in [2.75, 3.05) is 20.4 Å². The topological polar surface area (TPSA) is 44.8 Å². The van der Waals surface area contributed by atoms with Gasteiger partial charge in [-0.1, -0.05) is 6.92 Å². The highest BCUT2D eigenvalue weighted by Gasteiger charge is 2.34. The van der Waals surface area contributed by atoms with Gasteiger partial charge >= 0.3 is 14.5 Å². The number of esters is 1. The predicted molar refractivity (Wildman–Crippen MR) is 60.7 cm³/mol. The highest BCUT2D eigenvalue weighted by atomic mass is 28.4. The SMILES string of the molecule is CCC(C)(C)C(=O)OC[Si](C)(OC)OC. The standard InChI is InChI=1S/C10H22O4Si/c1-7-10(2,3)9(11)14-8-15(6,12-4)13-5/h7-8H2,1-6H3. The molecule has 0 amide bonds. The number of ether oxygens (including phenoxy) is 1. The van der Waals surface area contributed by atoms with Crippen LogP contribution in [-0.4, -0.2) is 35.0 Å². The van der Waals surface area contributed by atoms with E-state index in [9.17, 15) is 4.79 Å². The lowest BCUT2D eigenvalue weighted by Gasteiger charge is -2.25. The van der Waals surface area contributed by atoms with Crippen molar-refractivity contribution < 1.29 is 18.4 Å². The Balaban J connectivity index is 4.22. The summed E-state index contributed by atoms with van der Waals surface area (Å²) in [5.41, 5.74) is -0.434. The Kier molecular flexibility index (Phi) is 5.48. The van der Waals surface area contributed by atoms with Gasteiger partial charge in [0.25, 0.3) is 0 Å². The summed E-state index contributed by atoms with van der Waals surface area (Å²) in [6.07, 6.45) is 0.992. The smallest absolute Gasteiger partial charge is 0.373 e. The Morgan fingerprint density at radius 2 is 1.73 bits per heavy atom. The minimum absolute atomic E-state index is 0.196. The molecule has 15 heavy (non-hydrogen) atoms. The van der Waals surface area contributed by atoms with Gasteiger partial charge < -0.3 is 13.6 Å². The molecule has 0 saturated heterocycles. The van der Waals surface area contributed by atoms with Crippen molar-refractivity contribution in [3.8, 4) is 0 Å². The molecule has 0 aliphatic carbocycles. The van der Waals surface area contributed by atoms with Crippen molar-refractivity contribution in [3.63, 3.8) is 0 Å². The van der Waals surface area contributed by atoms with E-state index >= 15 is 0 Å². The predicted octanol–water partition coefficient (Wildman–Crippen LogP) is 1.87. The van der Waals surface area contributed by atoms with Crippen LogP contribution in [0.4, 0.5) is 0 Å². The van der Waals surface area contributed by atoms with Gasteiger partial charge in [0.1, 0.15) is 6.23 Å². The summed E-state index contributed by atoms with van der Waals surface area (Å²) in [6, 6.07) is 0. The van der Waals surface area contributed by atoms with Crippen LogP contribution in [0.15, 0.2) is 0 Å². The van der Waals surface area contributed by atoms with Crippen LogP contribution in [0, 0.1) is 5.41 Å². The van der Waals surface area contributed by atoms with Crippen molar-refractivity contribution in [2.45, 2.75) is 33.7 Å². The third-order valence-electron chi connectivity index (χ3n) is 2.77. The summed E-state index contributed by atoms with van der Waals surface area (Å²) in [4.78, 5) is 11.7. The number of rotatable bonds is 6. The first-order valence-corrected chi connectivity index (χ1v) is 7.61. The van der Waals surface area contributed by atoms with Crippen LogP contribution in [0.1, 0.15) is 27.2 Å². The van der Waals surface area contributed by atoms with Crippen LogP contribution >= 0.6 is 0 Å². The van der Waals surface area contributed by atoms with E-state index in [1.54, 1.807) is 14.2 Å². The second-order valence-corrected chi connectivity index (χ2v) is 7.73. The summed E-state index contributed by atoms with van der Waals surface area (Å²) in [5, 5.41) is 0. The van der Waals surface area contributed by atoms with Crippen LogP contribution in [0.25, 0.3) is 0 Å². The summed E-state index contributed by atoms with van der Waals surface area (Å²) in [6.45, 7) is 7.56. The van der Waals surface area contributed by atoms with Crippen LogP contribution in [0.2, 0.25) is 6.55 Å². The first-order valence-electron chi connectivity index (χ1n) is 5.09. The Bertz CT molecular complexity index is 211. The zero-order chi connectivity index (χ0) is 12.1. The van der Waals surface area contributed by atoms with E-state index in [1.807, 2.05) is 27.3 Å². The fourth-order valence-corrected chi connectivity index (χ4v) is 1.53. The van der Waals surface area contributed by atoms with Crippen molar-refractivity contribution in [1.82, 2.24) is 0 Å². The third kappa shape index (κ3) is 4.32. The molecular weight excluding hydrogens is 212 g/mol. The number of hydrogen-bond acceptors (Lipinski definition) is 4. The zero-order valence-electron chi connectivity index (χ0n) is 10.5. The van der Waals surface area contributed by atoms with Gasteiger partial charge in [0.05, 0.1) is 5.41 Å². The molecule has 0 atom stereocenters. The molecule has 0 saturated carbocycles. The molecule has 0 aliphatic rings. The average Bonchev–Trinajstić information content (AvgIpc) is 2.25. The molecule has 0 spiro atoms. The molecule has 0 aromatic carbocycles. The minimum atomic E-state index is -2.29. The van der Waals surface area contributed by atoms with Crippen LogP contribution < -0.4 is 0 Å². The van der Waals surface area contributed by atoms with Crippen molar-refractivity contribution >= 4 is 14.5 Å². The lowest BCUT2D eigenvalue weighted by molar-refractivity contribution is -0.152. The molecule has 0 aliphatic heterocycles. The second kappa shape index (κ2) is 5.63. The quantitative estimate of drug-likeness (QED) is 0.520. The number of carbonyl (C=O) groups excluding carboxylic acids is 1. The highest BCUT2D eigenvalue weighted by molar-refractivity contribution is 6.65. The van der Waals surface area contributed by atoms with E-state index < -0.39 is 14.0 Å². The van der Waals surface area contributed by atoms with Gasteiger partial charge in [-0.05, 0) is 26.8 Å². The van der Waals surface area contributed by atoms with E-state index in [4.69, 9.17) is 13.6 Å².